The molecular formula is C24H22F3N5O3. The van der Waals surface area contributed by atoms with Gasteiger partial charge in [0.05, 0.1) is 12.7 Å². The van der Waals surface area contributed by atoms with Gasteiger partial charge in [0.25, 0.3) is 0 Å². The Morgan fingerprint density at radius 1 is 1.17 bits per heavy atom. The lowest BCUT2D eigenvalue weighted by Gasteiger charge is -2.32. The van der Waals surface area contributed by atoms with Crippen molar-refractivity contribution in [2.24, 2.45) is 0 Å². The Morgan fingerprint density at radius 2 is 1.97 bits per heavy atom. The maximum Gasteiger partial charge on any atom is 0.573 e. The molecule has 0 fully saturated rings. The van der Waals surface area contributed by atoms with Crippen molar-refractivity contribution in [2.45, 2.75) is 25.1 Å². The van der Waals surface area contributed by atoms with E-state index in [1.807, 2.05) is 18.2 Å². The van der Waals surface area contributed by atoms with Crippen molar-refractivity contribution in [3.63, 3.8) is 0 Å². The lowest BCUT2D eigenvalue weighted by atomic mass is 9.79. The number of aliphatic hydroxyl groups is 1. The number of hydrogen-bond acceptors (Lipinski definition) is 7. The summed E-state index contributed by atoms with van der Waals surface area (Å²) in [5.74, 6) is 0.0871. The van der Waals surface area contributed by atoms with Gasteiger partial charge in [-0.2, -0.15) is 5.10 Å². The second-order valence-corrected chi connectivity index (χ2v) is 8.32. The average molecular weight is 485 g/mol. The van der Waals surface area contributed by atoms with Crippen LogP contribution >= 0.6 is 0 Å². The van der Waals surface area contributed by atoms with Gasteiger partial charge in [-0.25, -0.2) is 0 Å². The minimum absolute atomic E-state index is 0.00220. The first-order chi connectivity index (χ1) is 16.8. The van der Waals surface area contributed by atoms with Crippen molar-refractivity contribution in [3.05, 3.63) is 88.3 Å². The molecule has 0 radical (unpaired) electrons. The molecule has 5 N–H and O–H groups in total. The van der Waals surface area contributed by atoms with Crippen LogP contribution < -0.4 is 20.7 Å². The molecule has 2 atom stereocenters. The van der Waals surface area contributed by atoms with E-state index in [1.54, 1.807) is 12.3 Å². The number of benzene rings is 2. The Bertz CT molecular complexity index is 1270. The number of nitrogens with zero attached hydrogens (tertiary/aromatic N) is 1. The molecule has 11 heteroatoms. The maximum atomic E-state index is 12.8. The van der Waals surface area contributed by atoms with E-state index in [9.17, 15) is 23.1 Å². The van der Waals surface area contributed by atoms with E-state index in [0.717, 1.165) is 22.6 Å². The van der Waals surface area contributed by atoms with Crippen LogP contribution in [0, 0.1) is 0 Å². The summed E-state index contributed by atoms with van der Waals surface area (Å²) in [7, 11) is 0. The van der Waals surface area contributed by atoms with Crippen LogP contribution in [0.15, 0.2) is 66.0 Å². The zero-order valence-corrected chi connectivity index (χ0v) is 18.3. The van der Waals surface area contributed by atoms with Crippen molar-refractivity contribution < 1.29 is 27.8 Å². The highest BCUT2D eigenvalue weighted by atomic mass is 19.4. The van der Waals surface area contributed by atoms with Crippen molar-refractivity contribution in [1.29, 1.82) is 0 Å². The van der Waals surface area contributed by atoms with Crippen molar-refractivity contribution in [2.75, 3.05) is 18.4 Å². The lowest BCUT2D eigenvalue weighted by molar-refractivity contribution is -0.274. The van der Waals surface area contributed by atoms with Gasteiger partial charge in [-0.1, -0.05) is 36.4 Å². The van der Waals surface area contributed by atoms with Gasteiger partial charge in [0.2, 0.25) is 0 Å². The number of nitrogens with one attached hydrogen (secondary N) is 4. The van der Waals surface area contributed by atoms with Crippen LogP contribution in [-0.2, 0) is 11.3 Å². The van der Waals surface area contributed by atoms with E-state index < -0.39 is 12.6 Å². The first kappa shape index (κ1) is 23.1. The Kier molecular flexibility index (Phi) is 6.05. The number of aromatic nitrogens is 2. The van der Waals surface area contributed by atoms with E-state index in [4.69, 9.17) is 0 Å². The standard InChI is InChI=1S/C24H22F3N5O3/c25-24(26,27)35-16-6-4-13(5-7-16)9-29-23(34)15-3-1-2-14(8-15)20-17-10-30-32-22(17)31-18-11-28-12-19(33)21(18)20/h1-8,10,20,23,28-29,34H,9,11-12H2,(H2,30,31,32). The fourth-order valence-corrected chi connectivity index (χ4v) is 4.42. The summed E-state index contributed by atoms with van der Waals surface area (Å²) in [4.78, 5) is 12.8. The summed E-state index contributed by atoms with van der Waals surface area (Å²) in [6.45, 7) is 1.00. The summed E-state index contributed by atoms with van der Waals surface area (Å²) < 4.78 is 40.9. The molecule has 0 spiro atoms. The Balaban J connectivity index is 1.34. The molecule has 182 valence electrons. The molecule has 2 aliphatic rings. The number of ketones is 1. The predicted molar refractivity (Wildman–Crippen MR) is 120 cm³/mol. The second-order valence-electron chi connectivity index (χ2n) is 8.32. The van der Waals surface area contributed by atoms with Gasteiger partial charge in [-0.15, -0.1) is 13.2 Å². The number of hydrogen-bond donors (Lipinski definition) is 5. The number of ether oxygens (including phenoxy) is 1. The maximum absolute atomic E-state index is 12.8. The third kappa shape index (κ3) is 4.92. The monoisotopic (exact) mass is 485 g/mol. The molecule has 0 aliphatic carbocycles. The predicted octanol–water partition coefficient (Wildman–Crippen LogP) is 3.07. The minimum Gasteiger partial charge on any atom is -0.406 e. The highest BCUT2D eigenvalue weighted by Gasteiger charge is 2.36. The molecule has 2 unspecified atom stereocenters. The van der Waals surface area contributed by atoms with E-state index in [1.165, 1.54) is 24.3 Å². The van der Waals surface area contributed by atoms with Crippen LogP contribution in [0.4, 0.5) is 19.0 Å². The number of carbonyl (C=O) groups is 1. The third-order valence-electron chi connectivity index (χ3n) is 5.97. The first-order valence-electron chi connectivity index (χ1n) is 10.9. The van der Waals surface area contributed by atoms with Crippen molar-refractivity contribution in [1.82, 2.24) is 20.8 Å². The topological polar surface area (TPSA) is 111 Å². The molecule has 0 saturated carbocycles. The van der Waals surface area contributed by atoms with Gasteiger partial charge in [0, 0.05) is 35.8 Å². The Labute approximate surface area is 198 Å². The number of Topliss-reactive ketones (excluding diaryl/α,β-unsaturated/α-hetero) is 1. The number of carbonyl (C=O) groups excluding carboxylic acids is 1. The number of fused-ring (bicyclic) bond motifs is 1. The Hall–Kier alpha value is -3.67. The van der Waals surface area contributed by atoms with Crippen molar-refractivity contribution in [3.8, 4) is 5.75 Å². The summed E-state index contributed by atoms with van der Waals surface area (Å²) in [6, 6.07) is 12.7. The number of aromatic amines is 1. The van der Waals surface area contributed by atoms with E-state index in [2.05, 4.69) is 30.9 Å². The number of H-pyrrole nitrogens is 1. The summed E-state index contributed by atoms with van der Waals surface area (Å²) in [6.07, 6.45) is -4.09. The van der Waals surface area contributed by atoms with Gasteiger partial charge in [-0.3, -0.25) is 15.2 Å². The number of aliphatic hydroxyl groups excluding tert-OH is 1. The van der Waals surface area contributed by atoms with Gasteiger partial charge >= 0.3 is 6.36 Å². The van der Waals surface area contributed by atoms with Gasteiger partial charge in [-0.05, 0) is 28.8 Å². The molecule has 35 heavy (non-hydrogen) atoms. The molecule has 3 heterocycles. The average Bonchev–Trinajstić information content (AvgIpc) is 3.29. The lowest BCUT2D eigenvalue weighted by Crippen LogP contribution is -2.39. The molecule has 0 saturated heterocycles. The van der Waals surface area contributed by atoms with Crippen LogP contribution in [0.3, 0.4) is 0 Å². The summed E-state index contributed by atoms with van der Waals surface area (Å²) in [5.41, 5.74) is 4.42. The largest absolute Gasteiger partial charge is 0.573 e. The zero-order chi connectivity index (χ0) is 24.6. The molecule has 2 aromatic carbocycles. The molecule has 0 bridgehead atoms. The number of halogens is 3. The van der Waals surface area contributed by atoms with Crippen LogP contribution in [0.5, 0.6) is 5.75 Å². The number of rotatable bonds is 6. The fourth-order valence-electron chi connectivity index (χ4n) is 4.42. The molecular weight excluding hydrogens is 463 g/mol. The van der Waals surface area contributed by atoms with Crippen LogP contribution in [0.2, 0.25) is 0 Å². The summed E-state index contributed by atoms with van der Waals surface area (Å²) >= 11 is 0. The minimum atomic E-state index is -4.75. The number of alkyl halides is 3. The SMILES string of the molecule is O=C1CNCC2=C1C(c1cccc(C(O)NCc3ccc(OC(F)(F)F)cc3)c1)c1cn[nH]c1N2. The fraction of sp³-hybridized carbons (Fsp3) is 0.250. The summed E-state index contributed by atoms with van der Waals surface area (Å²) in [5, 5.41) is 27.1. The van der Waals surface area contributed by atoms with Crippen LogP contribution in [0.25, 0.3) is 0 Å². The Morgan fingerprint density at radius 3 is 2.74 bits per heavy atom. The highest BCUT2D eigenvalue weighted by molar-refractivity contribution is 6.02. The molecule has 8 nitrogen and oxygen atoms in total. The quantitative estimate of drug-likeness (QED) is 0.341. The molecule has 3 aromatic rings. The van der Waals surface area contributed by atoms with Gasteiger partial charge in [0.15, 0.2) is 5.78 Å². The molecule has 1 aromatic heterocycles. The number of anilines is 1. The normalized spacial score (nSPS) is 18.5. The van der Waals surface area contributed by atoms with Gasteiger partial charge < -0.3 is 20.5 Å². The van der Waals surface area contributed by atoms with Crippen LogP contribution in [0.1, 0.15) is 34.4 Å². The third-order valence-corrected chi connectivity index (χ3v) is 5.97. The first-order valence-corrected chi connectivity index (χ1v) is 10.9. The van der Waals surface area contributed by atoms with E-state index in [0.29, 0.717) is 23.2 Å². The smallest absolute Gasteiger partial charge is 0.406 e. The second kappa shape index (κ2) is 9.17. The van der Waals surface area contributed by atoms with Crippen molar-refractivity contribution >= 4 is 11.6 Å². The molecule has 0 amide bonds. The van der Waals surface area contributed by atoms with Crippen LogP contribution in [-0.4, -0.2) is 40.5 Å². The molecule has 5 rings (SSSR count). The van der Waals surface area contributed by atoms with E-state index >= 15 is 0 Å². The molecule has 2 aliphatic heterocycles. The van der Waals surface area contributed by atoms with Gasteiger partial charge in [0.1, 0.15) is 17.8 Å². The zero-order valence-electron chi connectivity index (χ0n) is 18.3. The highest BCUT2D eigenvalue weighted by Crippen LogP contribution is 2.42. The van der Waals surface area contributed by atoms with E-state index in [-0.39, 0.29) is 30.5 Å².